The van der Waals surface area contributed by atoms with E-state index in [0.717, 1.165) is 9.38 Å². The van der Waals surface area contributed by atoms with Crippen molar-refractivity contribution in [3.8, 4) is 0 Å². The number of halogens is 1. The topological polar surface area (TPSA) is 111 Å². The van der Waals surface area contributed by atoms with Crippen LogP contribution in [0, 0.1) is 5.82 Å². The van der Waals surface area contributed by atoms with Gasteiger partial charge >= 0.3 is 5.97 Å². The van der Waals surface area contributed by atoms with Gasteiger partial charge in [0.2, 0.25) is 0 Å². The summed E-state index contributed by atoms with van der Waals surface area (Å²) >= 11 is 1.30. The molecule has 4 aromatic rings. The van der Waals surface area contributed by atoms with E-state index in [1.807, 2.05) is 0 Å². The average molecular weight is 371 g/mol. The van der Waals surface area contributed by atoms with Crippen molar-refractivity contribution in [3.05, 3.63) is 57.5 Å². The van der Waals surface area contributed by atoms with E-state index in [2.05, 4.69) is 20.1 Å². The van der Waals surface area contributed by atoms with Crippen molar-refractivity contribution in [3.63, 3.8) is 0 Å². The second-order valence-electron chi connectivity index (χ2n) is 5.45. The van der Waals surface area contributed by atoms with Crippen LogP contribution in [-0.2, 0) is 17.8 Å². The van der Waals surface area contributed by atoms with Gasteiger partial charge in [-0.1, -0.05) is 0 Å². The lowest BCUT2D eigenvalue weighted by atomic mass is 10.2. The molecule has 3 heterocycles. The molecule has 1 aromatic carbocycles. The molecule has 1 N–H and O–H groups in total. The number of aromatic nitrogens is 5. The number of rotatable bonds is 4. The summed E-state index contributed by atoms with van der Waals surface area (Å²) in [7, 11) is 0. The van der Waals surface area contributed by atoms with Crippen LogP contribution in [0.2, 0.25) is 0 Å². The van der Waals surface area contributed by atoms with Crippen molar-refractivity contribution in [2.75, 3.05) is 0 Å². The number of carboxylic acid groups (broad SMARTS) is 1. The van der Waals surface area contributed by atoms with Gasteiger partial charge in [-0.2, -0.15) is 5.10 Å². The molecule has 0 aliphatic heterocycles. The quantitative estimate of drug-likeness (QED) is 0.580. The Labute approximate surface area is 148 Å². The van der Waals surface area contributed by atoms with E-state index in [-0.39, 0.29) is 29.7 Å². The summed E-state index contributed by atoms with van der Waals surface area (Å²) in [6, 6.07) is 4.27. The molecule has 8 nitrogen and oxygen atoms in total. The third kappa shape index (κ3) is 2.90. The van der Waals surface area contributed by atoms with Crippen molar-refractivity contribution in [2.45, 2.75) is 13.0 Å². The third-order valence-electron chi connectivity index (χ3n) is 3.65. The number of carboxylic acids is 1. The number of nitrogens with zero attached hydrogens (tertiary/aromatic N) is 5. The van der Waals surface area contributed by atoms with Gasteiger partial charge in [0.15, 0.2) is 5.52 Å². The summed E-state index contributed by atoms with van der Waals surface area (Å²) in [6.07, 6.45) is 2.35. The van der Waals surface area contributed by atoms with Gasteiger partial charge in [0, 0.05) is 18.5 Å². The summed E-state index contributed by atoms with van der Waals surface area (Å²) < 4.78 is 15.2. The second-order valence-corrected chi connectivity index (χ2v) is 6.57. The Kier molecular flexibility index (Phi) is 3.88. The number of fused-ring (bicyclic) bond motifs is 2. The van der Waals surface area contributed by atoms with Crippen LogP contribution >= 0.6 is 11.3 Å². The number of thiazole rings is 1. The summed E-state index contributed by atoms with van der Waals surface area (Å²) in [5, 5.41) is 13.8. The van der Waals surface area contributed by atoms with Gasteiger partial charge in [0.05, 0.1) is 23.2 Å². The average Bonchev–Trinajstić information content (AvgIpc) is 3.00. The molecular formula is C16H10FN5O3S. The standard InChI is InChI=1S/C16H10FN5O3S/c17-8-1-2-11-9(5-8)20-12(26-11)7-22-16(25)15-14(18-3-4-19-15)10(21-22)6-13(23)24/h1-5H,6-7H2,(H,23,24). The lowest BCUT2D eigenvalue weighted by molar-refractivity contribution is -0.136. The fourth-order valence-electron chi connectivity index (χ4n) is 2.58. The van der Waals surface area contributed by atoms with Crippen LogP contribution in [0.4, 0.5) is 4.39 Å². The van der Waals surface area contributed by atoms with Gasteiger partial charge in [0.25, 0.3) is 5.56 Å². The number of hydrogen-bond donors (Lipinski definition) is 1. The van der Waals surface area contributed by atoms with Gasteiger partial charge < -0.3 is 5.11 Å². The first-order chi connectivity index (χ1) is 12.5. The predicted molar refractivity (Wildman–Crippen MR) is 91.6 cm³/mol. The number of carbonyl (C=O) groups is 1. The molecule has 10 heteroatoms. The van der Waals surface area contributed by atoms with Crippen molar-refractivity contribution >= 4 is 38.6 Å². The zero-order chi connectivity index (χ0) is 18.3. The van der Waals surface area contributed by atoms with Crippen LogP contribution in [0.3, 0.4) is 0 Å². The van der Waals surface area contributed by atoms with Crippen molar-refractivity contribution in [2.24, 2.45) is 0 Å². The molecule has 0 fully saturated rings. The van der Waals surface area contributed by atoms with Crippen LogP contribution in [0.15, 0.2) is 35.4 Å². The molecule has 3 aromatic heterocycles. The minimum absolute atomic E-state index is 0.0267. The fourth-order valence-corrected chi connectivity index (χ4v) is 3.51. The summed E-state index contributed by atoms with van der Waals surface area (Å²) in [4.78, 5) is 36.1. The Bertz CT molecular complexity index is 1220. The maximum atomic E-state index is 13.3. The normalized spacial score (nSPS) is 11.3. The van der Waals surface area contributed by atoms with E-state index >= 15 is 0 Å². The van der Waals surface area contributed by atoms with E-state index in [4.69, 9.17) is 5.11 Å². The van der Waals surface area contributed by atoms with Crippen LogP contribution in [0.5, 0.6) is 0 Å². The fraction of sp³-hybridized carbons (Fsp3) is 0.125. The van der Waals surface area contributed by atoms with Crippen molar-refractivity contribution in [1.82, 2.24) is 24.7 Å². The van der Waals surface area contributed by atoms with Gasteiger partial charge in [-0.05, 0) is 12.1 Å². The molecule has 4 rings (SSSR count). The van der Waals surface area contributed by atoms with Crippen LogP contribution in [0.25, 0.3) is 21.3 Å². The first-order valence-electron chi connectivity index (χ1n) is 7.49. The minimum atomic E-state index is -1.09. The van der Waals surface area contributed by atoms with E-state index < -0.39 is 17.3 Å². The lowest BCUT2D eigenvalue weighted by Gasteiger charge is -2.07. The highest BCUT2D eigenvalue weighted by molar-refractivity contribution is 7.18. The van der Waals surface area contributed by atoms with Crippen LogP contribution in [0.1, 0.15) is 10.7 Å². The molecule has 0 saturated heterocycles. The van der Waals surface area contributed by atoms with E-state index in [1.165, 1.54) is 35.9 Å². The van der Waals surface area contributed by atoms with Gasteiger partial charge in [-0.25, -0.2) is 19.0 Å². The summed E-state index contributed by atoms with van der Waals surface area (Å²) in [5.41, 5.74) is 0.359. The molecule has 0 aliphatic rings. The number of hydrogen-bond acceptors (Lipinski definition) is 7. The number of benzene rings is 1. The molecule has 0 radical (unpaired) electrons. The zero-order valence-electron chi connectivity index (χ0n) is 13.1. The predicted octanol–water partition coefficient (Wildman–Crippen LogP) is 1.61. The maximum Gasteiger partial charge on any atom is 0.309 e. The van der Waals surface area contributed by atoms with Crippen molar-refractivity contribution < 1.29 is 14.3 Å². The molecule has 0 saturated carbocycles. The van der Waals surface area contributed by atoms with Gasteiger partial charge in [0.1, 0.15) is 22.0 Å². The highest BCUT2D eigenvalue weighted by atomic mass is 32.1. The molecular weight excluding hydrogens is 361 g/mol. The molecule has 0 amide bonds. The van der Waals surface area contributed by atoms with E-state index in [9.17, 15) is 14.0 Å². The minimum Gasteiger partial charge on any atom is -0.481 e. The third-order valence-corrected chi connectivity index (χ3v) is 4.67. The Balaban J connectivity index is 1.83. The first-order valence-corrected chi connectivity index (χ1v) is 8.30. The zero-order valence-corrected chi connectivity index (χ0v) is 13.9. The van der Waals surface area contributed by atoms with Crippen LogP contribution in [-0.4, -0.2) is 35.8 Å². The highest BCUT2D eigenvalue weighted by Crippen LogP contribution is 2.23. The molecule has 0 bridgehead atoms. The van der Waals surface area contributed by atoms with Gasteiger partial charge in [-0.3, -0.25) is 14.6 Å². The van der Waals surface area contributed by atoms with E-state index in [1.54, 1.807) is 6.07 Å². The molecule has 26 heavy (non-hydrogen) atoms. The van der Waals surface area contributed by atoms with Crippen LogP contribution < -0.4 is 5.56 Å². The van der Waals surface area contributed by atoms with E-state index in [0.29, 0.717) is 10.5 Å². The Hall–Kier alpha value is -3.27. The lowest BCUT2D eigenvalue weighted by Crippen LogP contribution is -2.27. The Morgan fingerprint density at radius 1 is 1.23 bits per heavy atom. The Morgan fingerprint density at radius 2 is 2.00 bits per heavy atom. The summed E-state index contributed by atoms with van der Waals surface area (Å²) in [6.45, 7) is 0.0267. The SMILES string of the molecule is O=C(O)Cc1nn(Cc2nc3cc(F)ccc3s2)c(=O)c2nccnc12. The Morgan fingerprint density at radius 3 is 2.77 bits per heavy atom. The molecule has 0 aliphatic carbocycles. The summed E-state index contributed by atoms with van der Waals surface area (Å²) in [5.74, 6) is -1.49. The monoisotopic (exact) mass is 371 g/mol. The maximum absolute atomic E-state index is 13.3. The molecule has 130 valence electrons. The molecule has 0 spiro atoms. The second kappa shape index (κ2) is 6.23. The largest absolute Gasteiger partial charge is 0.481 e. The highest BCUT2D eigenvalue weighted by Gasteiger charge is 2.16. The molecule has 0 atom stereocenters. The molecule has 0 unspecified atom stereocenters. The number of aliphatic carboxylic acids is 1. The van der Waals surface area contributed by atoms with Gasteiger partial charge in [-0.15, -0.1) is 11.3 Å². The smallest absolute Gasteiger partial charge is 0.309 e. The first kappa shape index (κ1) is 16.2. The van der Waals surface area contributed by atoms with Crippen molar-refractivity contribution in [1.29, 1.82) is 0 Å².